The number of rotatable bonds is 4. The molecule has 0 aromatic heterocycles. The van der Waals surface area contributed by atoms with Gasteiger partial charge in [-0.1, -0.05) is 11.6 Å². The Balaban J connectivity index is 2.21. The average Bonchev–Trinajstić information content (AvgIpc) is 2.76. The highest BCUT2D eigenvalue weighted by Crippen LogP contribution is 2.37. The van der Waals surface area contributed by atoms with Crippen LogP contribution in [0.4, 0.5) is 5.69 Å². The van der Waals surface area contributed by atoms with E-state index in [1.165, 1.54) is 4.90 Å². The van der Waals surface area contributed by atoms with E-state index in [1.807, 2.05) is 6.92 Å². The number of benzene rings is 1. The highest BCUT2D eigenvalue weighted by atomic mass is 35.5. The molecule has 2 rings (SSSR count). The van der Waals surface area contributed by atoms with Gasteiger partial charge in [0.2, 0.25) is 0 Å². The third-order valence-electron chi connectivity index (χ3n) is 3.30. The number of fused-ring (bicyclic) bond motifs is 1. The summed E-state index contributed by atoms with van der Waals surface area (Å²) in [7, 11) is 0. The van der Waals surface area contributed by atoms with E-state index in [-0.39, 0.29) is 19.1 Å². The zero-order chi connectivity index (χ0) is 16.3. The monoisotopic (exact) mass is 325 g/mol. The van der Waals surface area contributed by atoms with Crippen molar-refractivity contribution in [3.05, 3.63) is 28.8 Å². The number of hydrogen-bond acceptors (Lipinski definition) is 4. The maximum absolute atomic E-state index is 12.4. The van der Waals surface area contributed by atoms with Crippen LogP contribution in [0.2, 0.25) is 5.02 Å². The zero-order valence-corrected chi connectivity index (χ0v) is 12.7. The normalized spacial score (nSPS) is 16.4. The molecule has 3 amide bonds. The SMILES string of the molecule is CCN1C(=O)C(NC(=O)C(=O)NCCO)c2cc(Cl)ccc21. The van der Waals surface area contributed by atoms with Gasteiger partial charge in [0, 0.05) is 29.4 Å². The summed E-state index contributed by atoms with van der Waals surface area (Å²) in [6, 6.07) is 4.02. The first-order valence-electron chi connectivity index (χ1n) is 6.80. The highest BCUT2D eigenvalue weighted by Gasteiger charge is 2.38. The summed E-state index contributed by atoms with van der Waals surface area (Å²) in [5, 5.41) is 13.7. The first-order valence-corrected chi connectivity index (χ1v) is 7.17. The lowest BCUT2D eigenvalue weighted by molar-refractivity contribution is -0.140. The van der Waals surface area contributed by atoms with Gasteiger partial charge >= 0.3 is 11.8 Å². The number of amides is 3. The van der Waals surface area contributed by atoms with Gasteiger partial charge in [0.25, 0.3) is 5.91 Å². The lowest BCUT2D eigenvalue weighted by Gasteiger charge is -2.15. The molecule has 1 aromatic rings. The maximum Gasteiger partial charge on any atom is 0.310 e. The topological polar surface area (TPSA) is 98.7 Å². The van der Waals surface area contributed by atoms with E-state index in [0.717, 1.165) is 0 Å². The van der Waals surface area contributed by atoms with E-state index in [0.29, 0.717) is 22.8 Å². The van der Waals surface area contributed by atoms with E-state index in [4.69, 9.17) is 16.7 Å². The Morgan fingerprint density at radius 3 is 2.73 bits per heavy atom. The molecule has 22 heavy (non-hydrogen) atoms. The number of nitrogens with one attached hydrogen (secondary N) is 2. The largest absolute Gasteiger partial charge is 0.395 e. The number of aliphatic hydroxyl groups is 1. The second kappa shape index (κ2) is 6.76. The van der Waals surface area contributed by atoms with Crippen LogP contribution in [0.3, 0.4) is 0 Å². The van der Waals surface area contributed by atoms with Gasteiger partial charge in [-0.05, 0) is 25.1 Å². The van der Waals surface area contributed by atoms with Crippen molar-refractivity contribution in [2.45, 2.75) is 13.0 Å². The predicted octanol–water partition coefficient (Wildman–Crippen LogP) is -0.0277. The fourth-order valence-electron chi connectivity index (χ4n) is 2.32. The minimum atomic E-state index is -0.943. The molecule has 118 valence electrons. The van der Waals surface area contributed by atoms with Crippen LogP contribution in [0.1, 0.15) is 18.5 Å². The smallest absolute Gasteiger partial charge is 0.310 e. The lowest BCUT2D eigenvalue weighted by Crippen LogP contribution is -2.45. The van der Waals surface area contributed by atoms with E-state index in [1.54, 1.807) is 18.2 Å². The number of halogens is 1. The number of likely N-dealkylation sites (N-methyl/N-ethyl adjacent to an activating group) is 1. The van der Waals surface area contributed by atoms with Crippen LogP contribution in [-0.2, 0) is 14.4 Å². The third-order valence-corrected chi connectivity index (χ3v) is 3.53. The molecule has 8 heteroatoms. The summed E-state index contributed by atoms with van der Waals surface area (Å²) in [6.07, 6.45) is 0. The van der Waals surface area contributed by atoms with E-state index >= 15 is 0 Å². The Morgan fingerprint density at radius 1 is 1.36 bits per heavy atom. The Hall–Kier alpha value is -2.12. The molecule has 1 heterocycles. The van der Waals surface area contributed by atoms with Crippen LogP contribution in [0.5, 0.6) is 0 Å². The standard InChI is InChI=1S/C14H16ClN3O4/c1-2-18-10-4-3-8(15)7-9(10)11(14(18)22)17-13(21)12(20)16-5-6-19/h3-4,7,11,19H,2,5-6H2,1H3,(H,16,20)(H,17,21). The summed E-state index contributed by atoms with van der Waals surface area (Å²) < 4.78 is 0. The molecule has 1 atom stereocenters. The van der Waals surface area contributed by atoms with Gasteiger partial charge in [-0.25, -0.2) is 0 Å². The van der Waals surface area contributed by atoms with Crippen molar-refractivity contribution in [1.29, 1.82) is 0 Å². The second-order valence-corrected chi connectivity index (χ2v) is 5.11. The van der Waals surface area contributed by atoms with Gasteiger partial charge in [-0.3, -0.25) is 14.4 Å². The van der Waals surface area contributed by atoms with Crippen molar-refractivity contribution in [3.8, 4) is 0 Å². The van der Waals surface area contributed by atoms with Crippen LogP contribution in [0.25, 0.3) is 0 Å². The molecule has 7 nitrogen and oxygen atoms in total. The summed E-state index contributed by atoms with van der Waals surface area (Å²) in [6.45, 7) is 1.95. The number of carbonyl (C=O) groups is 3. The van der Waals surface area contributed by atoms with Crippen LogP contribution in [-0.4, -0.2) is 42.5 Å². The first kappa shape index (κ1) is 16.3. The van der Waals surface area contributed by atoms with Gasteiger partial charge < -0.3 is 20.6 Å². The molecule has 0 spiro atoms. The van der Waals surface area contributed by atoms with Gasteiger partial charge in [0.05, 0.1) is 6.61 Å². The molecular formula is C14H16ClN3O4. The van der Waals surface area contributed by atoms with E-state index in [9.17, 15) is 14.4 Å². The summed E-state index contributed by atoms with van der Waals surface area (Å²) in [5.74, 6) is -2.15. The number of aliphatic hydroxyl groups excluding tert-OH is 1. The number of carbonyl (C=O) groups excluding carboxylic acids is 3. The lowest BCUT2D eigenvalue weighted by atomic mass is 10.1. The van der Waals surface area contributed by atoms with Crippen molar-refractivity contribution >= 4 is 35.0 Å². The fourth-order valence-corrected chi connectivity index (χ4v) is 2.50. The molecule has 0 saturated carbocycles. The Labute approximate surface area is 132 Å². The number of hydrogen-bond donors (Lipinski definition) is 3. The van der Waals surface area contributed by atoms with Gasteiger partial charge in [0.15, 0.2) is 0 Å². The summed E-state index contributed by atoms with van der Waals surface area (Å²) in [4.78, 5) is 37.3. The Morgan fingerprint density at radius 2 is 2.09 bits per heavy atom. The van der Waals surface area contributed by atoms with Crippen LogP contribution >= 0.6 is 11.6 Å². The molecular weight excluding hydrogens is 310 g/mol. The molecule has 1 aliphatic rings. The van der Waals surface area contributed by atoms with Crippen molar-refractivity contribution in [2.24, 2.45) is 0 Å². The van der Waals surface area contributed by atoms with E-state index in [2.05, 4.69) is 10.6 Å². The summed E-state index contributed by atoms with van der Waals surface area (Å²) >= 11 is 5.95. The van der Waals surface area contributed by atoms with Crippen molar-refractivity contribution in [2.75, 3.05) is 24.6 Å². The maximum atomic E-state index is 12.4. The molecule has 0 aliphatic carbocycles. The molecule has 3 N–H and O–H groups in total. The van der Waals surface area contributed by atoms with E-state index < -0.39 is 17.9 Å². The van der Waals surface area contributed by atoms with Crippen LogP contribution in [0, 0.1) is 0 Å². The number of anilines is 1. The molecule has 0 fully saturated rings. The molecule has 1 unspecified atom stereocenters. The van der Waals surface area contributed by atoms with Crippen LogP contribution in [0.15, 0.2) is 18.2 Å². The highest BCUT2D eigenvalue weighted by molar-refractivity contribution is 6.35. The molecule has 1 aliphatic heterocycles. The molecule has 0 saturated heterocycles. The Bertz CT molecular complexity index is 620. The summed E-state index contributed by atoms with van der Waals surface area (Å²) in [5.41, 5.74) is 1.22. The molecule has 1 aromatic carbocycles. The van der Waals surface area contributed by atoms with Gasteiger partial charge in [-0.15, -0.1) is 0 Å². The van der Waals surface area contributed by atoms with Crippen molar-refractivity contribution in [1.82, 2.24) is 10.6 Å². The average molecular weight is 326 g/mol. The molecule has 0 radical (unpaired) electrons. The first-order chi connectivity index (χ1) is 10.5. The van der Waals surface area contributed by atoms with Crippen molar-refractivity contribution < 1.29 is 19.5 Å². The minimum Gasteiger partial charge on any atom is -0.395 e. The minimum absolute atomic E-state index is 0.0334. The predicted molar refractivity (Wildman–Crippen MR) is 80.5 cm³/mol. The van der Waals surface area contributed by atoms with Crippen molar-refractivity contribution in [3.63, 3.8) is 0 Å². The van der Waals surface area contributed by atoms with Gasteiger partial charge in [-0.2, -0.15) is 0 Å². The van der Waals surface area contributed by atoms with Crippen LogP contribution < -0.4 is 15.5 Å². The Kier molecular flexibility index (Phi) is 4.99. The second-order valence-electron chi connectivity index (χ2n) is 4.67. The fraction of sp³-hybridized carbons (Fsp3) is 0.357. The quantitative estimate of drug-likeness (QED) is 0.677. The third kappa shape index (κ3) is 3.05. The zero-order valence-electron chi connectivity index (χ0n) is 11.9. The van der Waals surface area contributed by atoms with Gasteiger partial charge in [0.1, 0.15) is 6.04 Å². The molecule has 0 bridgehead atoms. The number of nitrogens with zero attached hydrogens (tertiary/aromatic N) is 1.